The molecule has 0 radical (unpaired) electrons. The van der Waals surface area contributed by atoms with Gasteiger partial charge in [-0.2, -0.15) is 5.26 Å². The lowest BCUT2D eigenvalue weighted by Gasteiger charge is -2.08. The second-order valence-electron chi connectivity index (χ2n) is 6.33. The minimum Gasteiger partial charge on any atom is -0.457 e. The van der Waals surface area contributed by atoms with E-state index in [-0.39, 0.29) is 5.57 Å². The highest BCUT2D eigenvalue weighted by Crippen LogP contribution is 2.30. The smallest absolute Gasteiger partial charge is 0.266 e. The maximum absolute atomic E-state index is 12.7. The number of amides is 1. The van der Waals surface area contributed by atoms with Gasteiger partial charge in [0.2, 0.25) is 0 Å². The molecule has 0 saturated heterocycles. The van der Waals surface area contributed by atoms with Crippen LogP contribution in [-0.4, -0.2) is 5.91 Å². The molecule has 1 heterocycles. The molecule has 3 aromatic carbocycles. The summed E-state index contributed by atoms with van der Waals surface area (Å²) in [6, 6.07) is 26.6. The van der Waals surface area contributed by atoms with Crippen molar-refractivity contribution in [2.75, 3.05) is 5.32 Å². The molecule has 0 spiro atoms. The second kappa shape index (κ2) is 8.17. The van der Waals surface area contributed by atoms with E-state index in [0.717, 1.165) is 20.8 Å². The number of anilines is 1. The first-order valence-electron chi connectivity index (χ1n) is 8.91. The normalized spacial score (nSPS) is 11.2. The van der Waals surface area contributed by atoms with Crippen molar-refractivity contribution in [3.05, 3.63) is 94.7 Å². The fraction of sp³-hybridized carbons (Fsp3) is 0. The van der Waals surface area contributed by atoms with Crippen LogP contribution in [0.1, 0.15) is 5.76 Å². The minimum atomic E-state index is -0.484. The van der Waals surface area contributed by atoms with Crippen molar-refractivity contribution in [3.63, 3.8) is 0 Å². The molecule has 5 heteroatoms. The van der Waals surface area contributed by atoms with Gasteiger partial charge in [-0.3, -0.25) is 4.79 Å². The van der Waals surface area contributed by atoms with E-state index in [1.807, 2.05) is 78.9 Å². The number of hydrogen-bond acceptors (Lipinski definition) is 3. The number of nitrogens with zero attached hydrogens (tertiary/aromatic N) is 1. The third-order valence-corrected chi connectivity index (χ3v) is 5.15. The highest BCUT2D eigenvalue weighted by molar-refractivity contribution is 9.10. The summed E-state index contributed by atoms with van der Waals surface area (Å²) in [6.07, 6.45) is 1.45. The number of halogens is 1. The lowest BCUT2D eigenvalue weighted by Crippen LogP contribution is -2.13. The van der Waals surface area contributed by atoms with Crippen molar-refractivity contribution in [1.82, 2.24) is 0 Å². The van der Waals surface area contributed by atoms with E-state index in [1.165, 1.54) is 6.08 Å². The molecule has 0 atom stereocenters. The molecule has 140 valence electrons. The Kier molecular flexibility index (Phi) is 5.28. The van der Waals surface area contributed by atoms with Gasteiger partial charge in [0.1, 0.15) is 23.2 Å². The predicted molar refractivity (Wildman–Crippen MR) is 118 cm³/mol. The van der Waals surface area contributed by atoms with Gasteiger partial charge in [-0.05, 0) is 29.7 Å². The molecule has 0 unspecified atom stereocenters. The van der Waals surface area contributed by atoms with Gasteiger partial charge in [0.15, 0.2) is 0 Å². The quantitative estimate of drug-likeness (QED) is 0.293. The average molecular weight is 443 g/mol. The molecule has 1 amide bonds. The average Bonchev–Trinajstić information content (AvgIpc) is 3.21. The van der Waals surface area contributed by atoms with Crippen molar-refractivity contribution in [1.29, 1.82) is 5.26 Å². The molecule has 1 aromatic heterocycles. The summed E-state index contributed by atoms with van der Waals surface area (Å²) in [5.74, 6) is 0.596. The number of hydrogen-bond donors (Lipinski definition) is 1. The maximum Gasteiger partial charge on any atom is 0.266 e. The number of nitriles is 1. The molecule has 0 aliphatic carbocycles. The van der Waals surface area contributed by atoms with Crippen molar-refractivity contribution >= 4 is 44.4 Å². The Morgan fingerprint density at radius 3 is 2.55 bits per heavy atom. The Hall–Kier alpha value is -3.62. The summed E-state index contributed by atoms with van der Waals surface area (Å²) in [5, 5.41) is 14.2. The number of fused-ring (bicyclic) bond motifs is 1. The van der Waals surface area contributed by atoms with Gasteiger partial charge in [0.05, 0.1) is 0 Å². The highest BCUT2D eigenvalue weighted by Gasteiger charge is 2.13. The number of nitrogens with one attached hydrogen (secondary N) is 1. The third kappa shape index (κ3) is 3.98. The topological polar surface area (TPSA) is 66.0 Å². The van der Waals surface area contributed by atoms with E-state index in [1.54, 1.807) is 6.07 Å². The second-order valence-corrected chi connectivity index (χ2v) is 7.19. The number of carbonyl (C=O) groups excluding carboxylic acids is 1. The number of benzene rings is 3. The van der Waals surface area contributed by atoms with Crippen LogP contribution in [-0.2, 0) is 4.79 Å². The zero-order valence-corrected chi connectivity index (χ0v) is 16.8. The molecular weight excluding hydrogens is 428 g/mol. The zero-order valence-electron chi connectivity index (χ0n) is 15.2. The molecule has 4 rings (SSSR count). The summed E-state index contributed by atoms with van der Waals surface area (Å²) in [5.41, 5.74) is 1.51. The fourth-order valence-corrected chi connectivity index (χ4v) is 3.53. The Bertz CT molecular complexity index is 1280. The first-order valence-corrected chi connectivity index (χ1v) is 9.70. The van der Waals surface area contributed by atoms with E-state index in [9.17, 15) is 10.1 Å². The van der Waals surface area contributed by atoms with Gasteiger partial charge in [-0.25, -0.2) is 0 Å². The first kappa shape index (κ1) is 18.7. The largest absolute Gasteiger partial charge is 0.457 e. The molecule has 4 nitrogen and oxygen atoms in total. The summed E-state index contributed by atoms with van der Waals surface area (Å²) >= 11 is 3.49. The van der Waals surface area contributed by atoms with Crippen LogP contribution in [0.25, 0.3) is 28.2 Å². The molecule has 0 aliphatic heterocycles. The Balaban J connectivity index is 1.60. The van der Waals surface area contributed by atoms with Crippen LogP contribution in [0.3, 0.4) is 0 Å². The molecule has 0 fully saturated rings. The van der Waals surface area contributed by atoms with Crippen LogP contribution in [0.5, 0.6) is 0 Å². The van der Waals surface area contributed by atoms with Crippen LogP contribution in [0, 0.1) is 11.3 Å². The molecule has 0 bridgehead atoms. The van der Waals surface area contributed by atoms with Gasteiger partial charge >= 0.3 is 0 Å². The zero-order chi connectivity index (χ0) is 20.2. The molecule has 4 aromatic rings. The monoisotopic (exact) mass is 442 g/mol. The predicted octanol–water partition coefficient (Wildman–Crippen LogP) is 6.41. The maximum atomic E-state index is 12.7. The van der Waals surface area contributed by atoms with Crippen LogP contribution >= 0.6 is 15.9 Å². The molecule has 29 heavy (non-hydrogen) atoms. The van der Waals surface area contributed by atoms with Crippen LogP contribution < -0.4 is 5.32 Å². The van der Waals surface area contributed by atoms with Gasteiger partial charge in [0, 0.05) is 27.2 Å². The van der Waals surface area contributed by atoms with E-state index in [0.29, 0.717) is 17.2 Å². The van der Waals surface area contributed by atoms with E-state index in [2.05, 4.69) is 21.2 Å². The van der Waals surface area contributed by atoms with Crippen LogP contribution in [0.2, 0.25) is 0 Å². The molecule has 0 saturated carbocycles. The SMILES string of the molecule is N#CC(=Cc1ccc(-c2ccccc2Br)o1)C(=O)Nc1cccc2ccccc12. The summed E-state index contributed by atoms with van der Waals surface area (Å²) in [6.45, 7) is 0. The fourth-order valence-electron chi connectivity index (χ4n) is 3.05. The van der Waals surface area contributed by atoms with Gasteiger partial charge in [-0.15, -0.1) is 0 Å². The Labute approximate surface area is 176 Å². The van der Waals surface area contributed by atoms with E-state index < -0.39 is 5.91 Å². The number of furan rings is 1. The summed E-state index contributed by atoms with van der Waals surface area (Å²) in [7, 11) is 0. The van der Waals surface area contributed by atoms with Gasteiger partial charge in [-0.1, -0.05) is 70.5 Å². The van der Waals surface area contributed by atoms with Crippen LogP contribution in [0.15, 0.2) is 93.3 Å². The number of rotatable bonds is 4. The Morgan fingerprint density at radius 2 is 1.72 bits per heavy atom. The molecule has 0 aliphatic rings. The van der Waals surface area contributed by atoms with Crippen molar-refractivity contribution in [2.24, 2.45) is 0 Å². The third-order valence-electron chi connectivity index (χ3n) is 4.46. The van der Waals surface area contributed by atoms with Gasteiger partial charge < -0.3 is 9.73 Å². The lowest BCUT2D eigenvalue weighted by molar-refractivity contribution is -0.112. The molecule has 1 N–H and O–H groups in total. The lowest BCUT2D eigenvalue weighted by atomic mass is 10.1. The van der Waals surface area contributed by atoms with Crippen LogP contribution in [0.4, 0.5) is 5.69 Å². The van der Waals surface area contributed by atoms with E-state index in [4.69, 9.17) is 4.42 Å². The summed E-state index contributed by atoms with van der Waals surface area (Å²) < 4.78 is 6.72. The summed E-state index contributed by atoms with van der Waals surface area (Å²) in [4.78, 5) is 12.7. The number of carbonyl (C=O) groups is 1. The standard InChI is InChI=1S/C24H15BrN2O2/c25-21-10-4-3-9-20(21)23-13-12-18(29-23)14-17(15-26)24(28)27-22-11-5-7-16-6-1-2-8-19(16)22/h1-14H,(H,27,28). The van der Waals surface area contributed by atoms with Crippen molar-refractivity contribution in [2.45, 2.75) is 0 Å². The Morgan fingerprint density at radius 1 is 0.966 bits per heavy atom. The van der Waals surface area contributed by atoms with Gasteiger partial charge in [0.25, 0.3) is 5.91 Å². The minimum absolute atomic E-state index is 0.0361. The first-order chi connectivity index (χ1) is 14.2. The highest BCUT2D eigenvalue weighted by atomic mass is 79.9. The van der Waals surface area contributed by atoms with Crippen molar-refractivity contribution in [3.8, 4) is 17.4 Å². The molecular formula is C24H15BrN2O2. The van der Waals surface area contributed by atoms with E-state index >= 15 is 0 Å². The van der Waals surface area contributed by atoms with Crippen molar-refractivity contribution < 1.29 is 9.21 Å².